The maximum absolute atomic E-state index is 10.8. The number of likely N-dealkylation sites (N-methyl/N-ethyl adjacent to an activating group) is 1. The molecule has 7 heteroatoms. The molecule has 0 saturated carbocycles. The summed E-state index contributed by atoms with van der Waals surface area (Å²) in [5, 5.41) is 17.3. The van der Waals surface area contributed by atoms with E-state index in [0.29, 0.717) is 11.5 Å². The van der Waals surface area contributed by atoms with E-state index in [0.717, 1.165) is 37.3 Å². The maximum atomic E-state index is 10.8. The second-order valence-electron chi connectivity index (χ2n) is 5.96. The van der Waals surface area contributed by atoms with Crippen LogP contribution >= 0.6 is 0 Å². The Morgan fingerprint density at radius 1 is 1.21 bits per heavy atom. The Kier molecular flexibility index (Phi) is 4.61. The van der Waals surface area contributed by atoms with Crippen LogP contribution in [0.5, 0.6) is 0 Å². The minimum absolute atomic E-state index is 0.0830. The fraction of sp³-hybridized carbons (Fsp3) is 0.353. The topological polar surface area (TPSA) is 75.1 Å². The third-order valence-electron chi connectivity index (χ3n) is 4.14. The first-order chi connectivity index (χ1) is 11.5. The molecule has 1 aromatic heterocycles. The highest BCUT2D eigenvalue weighted by Crippen LogP contribution is 2.28. The summed E-state index contributed by atoms with van der Waals surface area (Å²) in [5.74, 6) is 1.35. The van der Waals surface area contributed by atoms with Gasteiger partial charge in [0.25, 0.3) is 5.69 Å². The molecule has 1 aromatic carbocycles. The summed E-state index contributed by atoms with van der Waals surface area (Å²) in [4.78, 5) is 12.7. The molecule has 7 nitrogen and oxygen atoms in total. The molecule has 1 fully saturated rings. The van der Waals surface area contributed by atoms with E-state index < -0.39 is 4.92 Å². The normalized spacial score (nSPS) is 16.0. The van der Waals surface area contributed by atoms with E-state index in [-0.39, 0.29) is 5.69 Å². The van der Waals surface area contributed by atoms with Crippen LogP contribution in [0.3, 0.4) is 0 Å². The molecule has 0 unspecified atom stereocenters. The van der Waals surface area contributed by atoms with Gasteiger partial charge in [-0.05, 0) is 37.7 Å². The Morgan fingerprint density at radius 3 is 2.62 bits per heavy atom. The summed E-state index contributed by atoms with van der Waals surface area (Å²) in [7, 11) is 2.10. The quantitative estimate of drug-likeness (QED) is 0.490. The highest BCUT2D eigenvalue weighted by Gasteiger charge is 2.13. The molecule has 1 aliphatic heterocycles. The molecule has 2 heterocycles. The van der Waals surface area contributed by atoms with Gasteiger partial charge >= 0.3 is 0 Å². The molecule has 0 amide bonds. The van der Waals surface area contributed by atoms with E-state index in [1.165, 1.54) is 6.07 Å². The minimum atomic E-state index is -0.396. The SMILES string of the molecule is Cc1cc([N+](=O)[O-])ccc1-c1ccc(/C=N\N2CCN(C)CC2)o1. The van der Waals surface area contributed by atoms with Gasteiger partial charge in [-0.1, -0.05) is 0 Å². The van der Waals surface area contributed by atoms with Crippen LogP contribution in [-0.2, 0) is 0 Å². The summed E-state index contributed by atoms with van der Waals surface area (Å²) < 4.78 is 5.81. The van der Waals surface area contributed by atoms with Gasteiger partial charge in [0.05, 0.1) is 11.1 Å². The number of benzene rings is 1. The average Bonchev–Trinajstić information content (AvgIpc) is 3.03. The molecule has 0 N–H and O–H groups in total. The van der Waals surface area contributed by atoms with Crippen LogP contribution in [-0.4, -0.2) is 54.3 Å². The first-order valence-corrected chi connectivity index (χ1v) is 7.85. The molecule has 0 radical (unpaired) electrons. The predicted octanol–water partition coefficient (Wildman–Crippen LogP) is 2.74. The first-order valence-electron chi connectivity index (χ1n) is 7.85. The zero-order valence-corrected chi connectivity index (χ0v) is 13.8. The third-order valence-corrected chi connectivity index (χ3v) is 4.14. The van der Waals surface area contributed by atoms with Crippen molar-refractivity contribution in [2.24, 2.45) is 5.10 Å². The number of piperazine rings is 1. The lowest BCUT2D eigenvalue weighted by atomic mass is 10.1. The van der Waals surface area contributed by atoms with E-state index in [4.69, 9.17) is 4.42 Å². The van der Waals surface area contributed by atoms with Crippen molar-refractivity contribution < 1.29 is 9.34 Å². The van der Waals surface area contributed by atoms with Gasteiger partial charge in [-0.25, -0.2) is 0 Å². The smallest absolute Gasteiger partial charge is 0.269 e. The lowest BCUT2D eigenvalue weighted by Gasteiger charge is -2.30. The molecule has 2 aromatic rings. The van der Waals surface area contributed by atoms with Crippen molar-refractivity contribution in [3.05, 3.63) is 51.8 Å². The molecule has 1 aliphatic rings. The minimum Gasteiger partial charge on any atom is -0.455 e. The molecule has 0 bridgehead atoms. The van der Waals surface area contributed by atoms with E-state index in [2.05, 4.69) is 17.0 Å². The maximum Gasteiger partial charge on any atom is 0.269 e. The largest absolute Gasteiger partial charge is 0.455 e. The molecule has 24 heavy (non-hydrogen) atoms. The molecular weight excluding hydrogens is 308 g/mol. The molecular formula is C17H20N4O3. The van der Waals surface area contributed by atoms with Crippen LogP contribution in [0.1, 0.15) is 11.3 Å². The zero-order chi connectivity index (χ0) is 17.1. The number of furan rings is 1. The fourth-order valence-corrected chi connectivity index (χ4v) is 2.65. The number of non-ortho nitro benzene ring substituents is 1. The zero-order valence-electron chi connectivity index (χ0n) is 13.8. The molecule has 0 spiro atoms. The summed E-state index contributed by atoms with van der Waals surface area (Å²) in [6.45, 7) is 5.65. The summed E-state index contributed by atoms with van der Waals surface area (Å²) in [6.07, 6.45) is 1.72. The van der Waals surface area contributed by atoms with Crippen LogP contribution < -0.4 is 0 Å². The van der Waals surface area contributed by atoms with Crippen molar-refractivity contribution >= 4 is 11.9 Å². The van der Waals surface area contributed by atoms with Crippen molar-refractivity contribution in [1.29, 1.82) is 0 Å². The Morgan fingerprint density at radius 2 is 1.96 bits per heavy atom. The predicted molar refractivity (Wildman–Crippen MR) is 92.2 cm³/mol. The Bertz CT molecular complexity index is 761. The van der Waals surface area contributed by atoms with Gasteiger partial charge in [0.15, 0.2) is 0 Å². The van der Waals surface area contributed by atoms with Gasteiger partial charge in [0, 0.05) is 43.9 Å². The number of nitro groups is 1. The van der Waals surface area contributed by atoms with Crippen LogP contribution in [0.4, 0.5) is 5.69 Å². The van der Waals surface area contributed by atoms with Gasteiger partial charge in [0.1, 0.15) is 11.5 Å². The van der Waals surface area contributed by atoms with Gasteiger partial charge in [-0.3, -0.25) is 15.1 Å². The lowest BCUT2D eigenvalue weighted by molar-refractivity contribution is -0.384. The van der Waals surface area contributed by atoms with Crippen LogP contribution in [0.2, 0.25) is 0 Å². The highest BCUT2D eigenvalue weighted by atomic mass is 16.6. The van der Waals surface area contributed by atoms with Crippen molar-refractivity contribution in [3.8, 4) is 11.3 Å². The Hall–Kier alpha value is -2.67. The summed E-state index contributed by atoms with van der Waals surface area (Å²) in [6, 6.07) is 8.47. The number of hydrogen-bond acceptors (Lipinski definition) is 6. The second-order valence-corrected chi connectivity index (χ2v) is 5.96. The molecule has 0 aliphatic carbocycles. The van der Waals surface area contributed by atoms with E-state index in [1.54, 1.807) is 18.3 Å². The van der Waals surface area contributed by atoms with Crippen molar-refractivity contribution in [1.82, 2.24) is 9.91 Å². The van der Waals surface area contributed by atoms with Crippen molar-refractivity contribution in [2.75, 3.05) is 33.2 Å². The van der Waals surface area contributed by atoms with Gasteiger partial charge in [0.2, 0.25) is 0 Å². The second kappa shape index (κ2) is 6.84. The van der Waals surface area contributed by atoms with E-state index >= 15 is 0 Å². The number of hydrazone groups is 1. The van der Waals surface area contributed by atoms with E-state index in [1.807, 2.05) is 24.1 Å². The van der Waals surface area contributed by atoms with Crippen molar-refractivity contribution in [3.63, 3.8) is 0 Å². The number of rotatable bonds is 4. The summed E-state index contributed by atoms with van der Waals surface area (Å²) >= 11 is 0. The highest BCUT2D eigenvalue weighted by molar-refractivity contribution is 5.77. The number of aryl methyl sites for hydroxylation is 1. The van der Waals surface area contributed by atoms with Gasteiger partial charge in [-0.2, -0.15) is 5.10 Å². The molecule has 126 valence electrons. The summed E-state index contributed by atoms with van der Waals surface area (Å²) in [5.41, 5.74) is 1.74. The monoisotopic (exact) mass is 328 g/mol. The first kappa shape index (κ1) is 16.2. The van der Waals surface area contributed by atoms with Crippen LogP contribution in [0.25, 0.3) is 11.3 Å². The third kappa shape index (κ3) is 3.62. The van der Waals surface area contributed by atoms with Crippen molar-refractivity contribution in [2.45, 2.75) is 6.92 Å². The van der Waals surface area contributed by atoms with Gasteiger partial charge in [-0.15, -0.1) is 0 Å². The van der Waals surface area contributed by atoms with Crippen LogP contribution in [0, 0.1) is 17.0 Å². The standard InChI is InChI=1S/C17H20N4O3/c1-13-11-14(21(22)23)3-5-16(13)17-6-4-15(24-17)12-18-20-9-7-19(2)8-10-20/h3-6,11-12H,7-10H2,1-2H3/b18-12-. The Balaban J connectivity index is 1.72. The molecule has 3 rings (SSSR count). The fourth-order valence-electron chi connectivity index (χ4n) is 2.65. The number of hydrogen-bond donors (Lipinski definition) is 0. The average molecular weight is 328 g/mol. The lowest BCUT2D eigenvalue weighted by Crippen LogP contribution is -2.41. The van der Waals surface area contributed by atoms with Gasteiger partial charge < -0.3 is 9.32 Å². The van der Waals surface area contributed by atoms with E-state index in [9.17, 15) is 10.1 Å². The number of nitrogens with zero attached hydrogens (tertiary/aromatic N) is 4. The number of nitro benzene ring substituents is 1. The Labute approximate surface area is 140 Å². The molecule has 1 saturated heterocycles. The van der Waals surface area contributed by atoms with Crippen LogP contribution in [0.15, 0.2) is 39.9 Å². The molecule has 0 atom stereocenters.